The van der Waals surface area contributed by atoms with Crippen molar-refractivity contribution in [1.29, 1.82) is 0 Å². The molecule has 1 aliphatic carbocycles. The summed E-state index contributed by atoms with van der Waals surface area (Å²) >= 11 is 0. The topological polar surface area (TPSA) is 0 Å². The van der Waals surface area contributed by atoms with Gasteiger partial charge in [0, 0.05) is 0 Å². The van der Waals surface area contributed by atoms with Gasteiger partial charge in [-0.2, -0.15) is 0 Å². The molecule has 0 N–H and O–H groups in total. The molecule has 1 aliphatic rings. The van der Waals surface area contributed by atoms with Crippen molar-refractivity contribution in [2.75, 3.05) is 0 Å². The molecule has 0 aromatic heterocycles. The summed E-state index contributed by atoms with van der Waals surface area (Å²) < 4.78 is 0. The van der Waals surface area contributed by atoms with Crippen molar-refractivity contribution in [3.05, 3.63) is 21.7 Å². The van der Waals surface area contributed by atoms with Crippen molar-refractivity contribution in [3.63, 3.8) is 0 Å². The van der Waals surface area contributed by atoms with E-state index in [1.807, 2.05) is 10.4 Å². The monoisotopic (exact) mass is 281 g/mol. The van der Waals surface area contributed by atoms with E-state index in [1.54, 1.807) is 5.20 Å². The zero-order chi connectivity index (χ0) is 13.6. The Hall–Kier alpha value is 0.131. The van der Waals surface area contributed by atoms with Gasteiger partial charge in [-0.25, -0.2) is 0 Å². The Balaban J connectivity index is 3.38. The molecule has 3 heteroatoms. The summed E-state index contributed by atoms with van der Waals surface area (Å²) in [6, 6.07) is 0. The van der Waals surface area contributed by atoms with E-state index in [2.05, 4.69) is 65.0 Å². The van der Waals surface area contributed by atoms with Crippen LogP contribution in [0, 0.1) is 6.08 Å². The van der Waals surface area contributed by atoms with E-state index < -0.39 is 24.2 Å². The van der Waals surface area contributed by atoms with Crippen LogP contribution in [0.25, 0.3) is 0 Å². The van der Waals surface area contributed by atoms with Crippen molar-refractivity contribution in [1.82, 2.24) is 0 Å². The second-order valence-electron chi connectivity index (χ2n) is 8.33. The minimum atomic E-state index is -1.22. The third-order valence-corrected chi connectivity index (χ3v) is 10.1. The molecule has 0 saturated carbocycles. The standard InChI is InChI=1S/C14H29Si3/c1-15(2,3)12-10-11-13(16(4,5)6)14(12)17(7,8)9/h10H2,1-9H3. The smallest absolute Gasteiger partial charge is 0.0776 e. The lowest BCUT2D eigenvalue weighted by Crippen LogP contribution is -2.37. The van der Waals surface area contributed by atoms with E-state index in [4.69, 9.17) is 0 Å². The van der Waals surface area contributed by atoms with Crippen LogP contribution < -0.4 is 0 Å². The molecule has 0 spiro atoms. The highest BCUT2D eigenvalue weighted by Gasteiger charge is 2.38. The second-order valence-corrected chi connectivity index (χ2v) is 23.4. The van der Waals surface area contributed by atoms with Crippen LogP contribution in [0.4, 0.5) is 0 Å². The van der Waals surface area contributed by atoms with Gasteiger partial charge in [-0.05, 0) is 12.5 Å². The molecule has 0 heterocycles. The number of hydrogen-bond acceptors (Lipinski definition) is 0. The Kier molecular flexibility index (Phi) is 3.89. The first kappa shape index (κ1) is 15.2. The van der Waals surface area contributed by atoms with Crippen LogP contribution in [0.15, 0.2) is 15.6 Å². The molecular formula is C14H29Si3. The molecule has 0 aliphatic heterocycles. The highest BCUT2D eigenvalue weighted by Crippen LogP contribution is 2.41. The van der Waals surface area contributed by atoms with Gasteiger partial charge in [-0.3, -0.25) is 0 Å². The molecule has 0 nitrogen and oxygen atoms in total. The maximum absolute atomic E-state index is 3.78. The first-order valence-electron chi connectivity index (χ1n) is 6.71. The zero-order valence-corrected chi connectivity index (χ0v) is 16.2. The number of allylic oxidation sites excluding steroid dienone is 4. The van der Waals surface area contributed by atoms with Crippen LogP contribution in [0.3, 0.4) is 0 Å². The molecule has 0 atom stereocenters. The summed E-state index contributed by atoms with van der Waals surface area (Å²) in [5.41, 5.74) is 0. The van der Waals surface area contributed by atoms with Crippen molar-refractivity contribution >= 4 is 24.2 Å². The van der Waals surface area contributed by atoms with Gasteiger partial charge in [-0.1, -0.05) is 74.5 Å². The quantitative estimate of drug-likeness (QED) is 0.635. The molecule has 1 rings (SSSR count). The molecule has 0 bridgehead atoms. The largest absolute Gasteiger partial charge is 0.0778 e. The lowest BCUT2D eigenvalue weighted by atomic mass is 10.5. The fraction of sp³-hybridized carbons (Fsp3) is 0.714. The van der Waals surface area contributed by atoms with Gasteiger partial charge in [0.15, 0.2) is 0 Å². The van der Waals surface area contributed by atoms with Gasteiger partial charge in [-0.15, -0.1) is 0 Å². The van der Waals surface area contributed by atoms with E-state index in [0.29, 0.717) is 0 Å². The van der Waals surface area contributed by atoms with E-state index in [1.165, 1.54) is 0 Å². The maximum atomic E-state index is 3.78. The molecule has 0 aromatic rings. The number of hydrogen-bond donors (Lipinski definition) is 0. The molecule has 0 amide bonds. The predicted molar refractivity (Wildman–Crippen MR) is 88.4 cm³/mol. The molecule has 0 aromatic carbocycles. The molecule has 0 unspecified atom stereocenters. The average Bonchev–Trinajstić information content (AvgIpc) is 2.42. The van der Waals surface area contributed by atoms with Crippen LogP contribution in [-0.4, -0.2) is 24.2 Å². The Labute approximate surface area is 111 Å². The maximum Gasteiger partial charge on any atom is 0.0778 e. The fourth-order valence-corrected chi connectivity index (χ4v) is 12.1. The van der Waals surface area contributed by atoms with Gasteiger partial charge in [0.25, 0.3) is 0 Å². The van der Waals surface area contributed by atoms with Crippen molar-refractivity contribution in [2.24, 2.45) is 0 Å². The first-order valence-corrected chi connectivity index (χ1v) is 17.2. The van der Waals surface area contributed by atoms with E-state index in [9.17, 15) is 0 Å². The van der Waals surface area contributed by atoms with Crippen LogP contribution in [0.5, 0.6) is 0 Å². The summed E-state index contributed by atoms with van der Waals surface area (Å²) in [4.78, 5) is 0. The Morgan fingerprint density at radius 3 is 1.47 bits per heavy atom. The predicted octanol–water partition coefficient (Wildman–Crippen LogP) is 5.05. The highest BCUT2D eigenvalue weighted by molar-refractivity contribution is 6.95. The summed E-state index contributed by atoms with van der Waals surface area (Å²) in [6.07, 6.45) is 4.93. The minimum absolute atomic E-state index is 1.15. The zero-order valence-electron chi connectivity index (χ0n) is 13.2. The summed E-state index contributed by atoms with van der Waals surface area (Å²) in [5, 5.41) is 5.30. The molecule has 1 radical (unpaired) electrons. The van der Waals surface area contributed by atoms with E-state index in [-0.39, 0.29) is 0 Å². The Morgan fingerprint density at radius 2 is 1.18 bits per heavy atom. The van der Waals surface area contributed by atoms with Crippen LogP contribution in [0.2, 0.25) is 58.9 Å². The van der Waals surface area contributed by atoms with E-state index >= 15 is 0 Å². The average molecular weight is 282 g/mol. The van der Waals surface area contributed by atoms with Crippen molar-refractivity contribution in [3.8, 4) is 0 Å². The highest BCUT2D eigenvalue weighted by atomic mass is 28.3. The molecule has 0 saturated heterocycles. The third kappa shape index (κ3) is 3.32. The number of rotatable bonds is 3. The van der Waals surface area contributed by atoms with Gasteiger partial charge in [0.1, 0.15) is 0 Å². The minimum Gasteiger partial charge on any atom is -0.0776 e. The molecule has 97 valence electrons. The van der Waals surface area contributed by atoms with Crippen molar-refractivity contribution in [2.45, 2.75) is 65.3 Å². The summed E-state index contributed by atoms with van der Waals surface area (Å²) in [5.74, 6) is 0. The summed E-state index contributed by atoms with van der Waals surface area (Å²) in [7, 11) is -3.60. The Bertz CT molecular complexity index is 368. The molecule has 17 heavy (non-hydrogen) atoms. The SMILES string of the molecule is C[Si](C)(C)C1=[C]CC([Si](C)(C)C)=C1[Si](C)(C)C. The fourth-order valence-electron chi connectivity index (χ4n) is 2.61. The third-order valence-electron chi connectivity index (χ3n) is 3.40. The normalized spacial score (nSPS) is 18.8. The van der Waals surface area contributed by atoms with E-state index in [0.717, 1.165) is 6.42 Å². The van der Waals surface area contributed by atoms with Gasteiger partial charge >= 0.3 is 0 Å². The lowest BCUT2D eigenvalue weighted by Gasteiger charge is -2.33. The van der Waals surface area contributed by atoms with Gasteiger partial charge < -0.3 is 0 Å². The Morgan fingerprint density at radius 1 is 0.706 bits per heavy atom. The van der Waals surface area contributed by atoms with Crippen LogP contribution in [0.1, 0.15) is 6.42 Å². The van der Waals surface area contributed by atoms with Crippen molar-refractivity contribution < 1.29 is 0 Å². The molecule has 0 fully saturated rings. The summed E-state index contributed by atoms with van der Waals surface area (Å²) in [6.45, 7) is 22.4. The lowest BCUT2D eigenvalue weighted by molar-refractivity contribution is 1.31. The second kappa shape index (κ2) is 4.35. The first-order chi connectivity index (χ1) is 7.35. The van der Waals surface area contributed by atoms with Gasteiger partial charge in [0.2, 0.25) is 0 Å². The molecular weight excluding hydrogens is 252 g/mol. The van der Waals surface area contributed by atoms with Crippen LogP contribution >= 0.6 is 0 Å². The van der Waals surface area contributed by atoms with Crippen LogP contribution in [-0.2, 0) is 0 Å². The van der Waals surface area contributed by atoms with Gasteiger partial charge in [0.05, 0.1) is 24.2 Å².